The van der Waals surface area contributed by atoms with Gasteiger partial charge < -0.3 is 15.3 Å². The molecule has 0 aliphatic carbocycles. The zero-order valence-electron chi connectivity index (χ0n) is 11.9. The Bertz CT molecular complexity index is 548. The first-order chi connectivity index (χ1) is 10.0. The fourth-order valence-corrected chi connectivity index (χ4v) is 2.97. The molecule has 114 valence electrons. The fraction of sp³-hybridized carbons (Fsp3) is 0.467. The average molecular weight is 355 g/mol. The summed E-state index contributed by atoms with van der Waals surface area (Å²) in [5.41, 5.74) is 0.636. The number of benzene rings is 1. The van der Waals surface area contributed by atoms with Crippen molar-refractivity contribution in [3.8, 4) is 0 Å². The van der Waals surface area contributed by atoms with Gasteiger partial charge in [-0.05, 0) is 52.9 Å². The van der Waals surface area contributed by atoms with E-state index in [0.717, 1.165) is 25.9 Å². The number of rotatable bonds is 3. The minimum Gasteiger partial charge on any atom is -0.478 e. The van der Waals surface area contributed by atoms with Crippen molar-refractivity contribution in [2.75, 3.05) is 18.4 Å². The molecule has 21 heavy (non-hydrogen) atoms. The normalized spacial score (nSPS) is 18.4. The molecule has 1 aromatic carbocycles. The number of nitrogens with one attached hydrogen (secondary N) is 1. The molecule has 5 nitrogen and oxygen atoms in total. The Kier molecular flexibility index (Phi) is 5.22. The number of piperidine rings is 1. The zero-order valence-corrected chi connectivity index (χ0v) is 13.5. The molecule has 1 aliphatic rings. The fourth-order valence-electron chi connectivity index (χ4n) is 2.55. The molecule has 2 amide bonds. The van der Waals surface area contributed by atoms with Crippen LogP contribution >= 0.6 is 15.9 Å². The van der Waals surface area contributed by atoms with Crippen molar-refractivity contribution in [1.29, 1.82) is 0 Å². The van der Waals surface area contributed by atoms with Gasteiger partial charge in [0.15, 0.2) is 0 Å². The number of hydrogen-bond donors (Lipinski definition) is 2. The third-order valence-corrected chi connectivity index (χ3v) is 4.52. The lowest BCUT2D eigenvalue weighted by molar-refractivity contribution is 0.0696. The van der Waals surface area contributed by atoms with Crippen LogP contribution in [0.2, 0.25) is 0 Å². The van der Waals surface area contributed by atoms with Gasteiger partial charge in [0.1, 0.15) is 0 Å². The molecule has 2 rings (SSSR count). The second kappa shape index (κ2) is 6.93. The third-order valence-electron chi connectivity index (χ3n) is 3.83. The molecular weight excluding hydrogens is 336 g/mol. The van der Waals surface area contributed by atoms with Crippen LogP contribution in [0.15, 0.2) is 22.7 Å². The van der Waals surface area contributed by atoms with Gasteiger partial charge in [-0.25, -0.2) is 9.59 Å². The van der Waals surface area contributed by atoms with Crippen molar-refractivity contribution in [3.05, 3.63) is 28.2 Å². The Morgan fingerprint density at radius 3 is 2.90 bits per heavy atom. The standard InChI is InChI=1S/C15H19BrN2O3/c1-2-10-4-3-7-18(9-10)15(21)17-11-5-6-13(16)12(8-11)14(19)20/h5-6,8,10H,2-4,7,9H2,1H3,(H,17,21)(H,19,20). The lowest BCUT2D eigenvalue weighted by Gasteiger charge is -2.32. The van der Waals surface area contributed by atoms with Gasteiger partial charge in [-0.15, -0.1) is 0 Å². The average Bonchev–Trinajstić information content (AvgIpc) is 2.49. The summed E-state index contributed by atoms with van der Waals surface area (Å²) in [5, 5.41) is 11.9. The van der Waals surface area contributed by atoms with Crippen LogP contribution in [0.3, 0.4) is 0 Å². The summed E-state index contributed by atoms with van der Waals surface area (Å²) in [6, 6.07) is 4.62. The molecule has 1 aliphatic heterocycles. The number of anilines is 1. The number of carboxylic acid groups (broad SMARTS) is 1. The van der Waals surface area contributed by atoms with Gasteiger partial charge in [0, 0.05) is 23.2 Å². The van der Waals surface area contributed by atoms with E-state index in [1.54, 1.807) is 17.0 Å². The Morgan fingerprint density at radius 1 is 1.48 bits per heavy atom. The third kappa shape index (κ3) is 3.97. The summed E-state index contributed by atoms with van der Waals surface area (Å²) in [6.45, 7) is 3.66. The molecule has 0 bridgehead atoms. The summed E-state index contributed by atoms with van der Waals surface area (Å²) in [6.07, 6.45) is 3.26. The molecule has 1 aromatic rings. The number of carbonyl (C=O) groups excluding carboxylic acids is 1. The molecule has 0 radical (unpaired) electrons. The molecule has 1 atom stereocenters. The molecular formula is C15H19BrN2O3. The number of likely N-dealkylation sites (tertiary alicyclic amines) is 1. The molecule has 1 fully saturated rings. The van der Waals surface area contributed by atoms with Crippen LogP contribution < -0.4 is 5.32 Å². The van der Waals surface area contributed by atoms with Crippen molar-refractivity contribution < 1.29 is 14.7 Å². The molecule has 1 saturated heterocycles. The molecule has 6 heteroatoms. The van der Waals surface area contributed by atoms with E-state index in [1.807, 2.05) is 0 Å². The second-order valence-electron chi connectivity index (χ2n) is 5.29. The van der Waals surface area contributed by atoms with Crippen molar-refractivity contribution in [2.45, 2.75) is 26.2 Å². The molecule has 0 aromatic heterocycles. The van der Waals surface area contributed by atoms with Gasteiger partial charge in [0.05, 0.1) is 5.56 Å². The van der Waals surface area contributed by atoms with E-state index < -0.39 is 5.97 Å². The van der Waals surface area contributed by atoms with Gasteiger partial charge in [-0.1, -0.05) is 13.3 Å². The quantitative estimate of drug-likeness (QED) is 0.867. The van der Waals surface area contributed by atoms with E-state index in [1.165, 1.54) is 12.5 Å². The highest BCUT2D eigenvalue weighted by Crippen LogP contribution is 2.23. The summed E-state index contributed by atoms with van der Waals surface area (Å²) in [5.74, 6) is -0.467. The number of urea groups is 1. The molecule has 0 spiro atoms. The maximum Gasteiger partial charge on any atom is 0.336 e. The first kappa shape index (κ1) is 15.8. The van der Waals surface area contributed by atoms with E-state index in [9.17, 15) is 9.59 Å². The Labute approximate surface area is 132 Å². The van der Waals surface area contributed by atoms with Gasteiger partial charge in [0.2, 0.25) is 0 Å². The number of hydrogen-bond acceptors (Lipinski definition) is 2. The Balaban J connectivity index is 2.05. The monoisotopic (exact) mass is 354 g/mol. The lowest BCUT2D eigenvalue weighted by atomic mass is 9.96. The summed E-state index contributed by atoms with van der Waals surface area (Å²) in [7, 11) is 0. The number of aromatic carboxylic acids is 1. The Morgan fingerprint density at radius 2 is 2.24 bits per heavy atom. The van der Waals surface area contributed by atoms with Crippen LogP contribution in [0.1, 0.15) is 36.5 Å². The van der Waals surface area contributed by atoms with E-state index in [4.69, 9.17) is 5.11 Å². The van der Waals surface area contributed by atoms with Gasteiger partial charge >= 0.3 is 12.0 Å². The van der Waals surface area contributed by atoms with Crippen LogP contribution in [0.4, 0.5) is 10.5 Å². The van der Waals surface area contributed by atoms with Crippen molar-refractivity contribution in [1.82, 2.24) is 4.90 Å². The van der Waals surface area contributed by atoms with E-state index in [0.29, 0.717) is 16.1 Å². The topological polar surface area (TPSA) is 69.6 Å². The highest BCUT2D eigenvalue weighted by atomic mass is 79.9. The minimum atomic E-state index is -1.03. The van der Waals surface area contributed by atoms with Crippen LogP contribution in [-0.4, -0.2) is 35.1 Å². The summed E-state index contributed by atoms with van der Waals surface area (Å²) in [4.78, 5) is 25.1. The van der Waals surface area contributed by atoms with Crippen LogP contribution in [0.25, 0.3) is 0 Å². The number of carboxylic acids is 1. The van der Waals surface area contributed by atoms with Crippen LogP contribution in [-0.2, 0) is 0 Å². The van der Waals surface area contributed by atoms with Gasteiger partial charge in [0.25, 0.3) is 0 Å². The molecule has 1 heterocycles. The number of halogens is 1. The second-order valence-corrected chi connectivity index (χ2v) is 6.15. The SMILES string of the molecule is CCC1CCCN(C(=O)Nc2ccc(Br)c(C(=O)O)c2)C1. The predicted molar refractivity (Wildman–Crippen MR) is 84.7 cm³/mol. The molecule has 0 saturated carbocycles. The van der Waals surface area contributed by atoms with Crippen LogP contribution in [0.5, 0.6) is 0 Å². The van der Waals surface area contributed by atoms with Crippen molar-refractivity contribution in [3.63, 3.8) is 0 Å². The smallest absolute Gasteiger partial charge is 0.336 e. The number of carbonyl (C=O) groups is 2. The number of amides is 2. The largest absolute Gasteiger partial charge is 0.478 e. The van der Waals surface area contributed by atoms with E-state index in [2.05, 4.69) is 28.2 Å². The first-order valence-electron chi connectivity index (χ1n) is 7.10. The van der Waals surface area contributed by atoms with Gasteiger partial charge in [-0.2, -0.15) is 0 Å². The summed E-state index contributed by atoms with van der Waals surface area (Å²) >= 11 is 3.19. The highest BCUT2D eigenvalue weighted by Gasteiger charge is 2.22. The molecule has 2 N–H and O–H groups in total. The summed E-state index contributed by atoms with van der Waals surface area (Å²) < 4.78 is 0.497. The Hall–Kier alpha value is -1.56. The maximum atomic E-state index is 12.3. The minimum absolute atomic E-state index is 0.137. The number of nitrogens with zero attached hydrogens (tertiary/aromatic N) is 1. The van der Waals surface area contributed by atoms with Crippen molar-refractivity contribution in [2.24, 2.45) is 5.92 Å². The maximum absolute atomic E-state index is 12.3. The van der Waals surface area contributed by atoms with Crippen molar-refractivity contribution >= 4 is 33.6 Å². The first-order valence-corrected chi connectivity index (χ1v) is 7.89. The van der Waals surface area contributed by atoms with Gasteiger partial charge in [-0.3, -0.25) is 0 Å². The zero-order chi connectivity index (χ0) is 15.4. The van der Waals surface area contributed by atoms with E-state index in [-0.39, 0.29) is 11.6 Å². The molecule has 1 unspecified atom stereocenters. The van der Waals surface area contributed by atoms with Crippen LogP contribution in [0, 0.1) is 5.92 Å². The lowest BCUT2D eigenvalue weighted by Crippen LogP contribution is -2.42. The highest BCUT2D eigenvalue weighted by molar-refractivity contribution is 9.10. The van der Waals surface area contributed by atoms with E-state index >= 15 is 0 Å². The predicted octanol–water partition coefficient (Wildman–Crippen LogP) is 3.80.